The van der Waals surface area contributed by atoms with Crippen molar-refractivity contribution in [3.8, 4) is 5.75 Å². The Labute approximate surface area is 177 Å². The molecule has 0 saturated heterocycles. The van der Waals surface area contributed by atoms with Gasteiger partial charge in [0.2, 0.25) is 10.0 Å². The van der Waals surface area contributed by atoms with Gasteiger partial charge in [0.25, 0.3) is 5.91 Å². The molecule has 0 aliphatic heterocycles. The Hall–Kier alpha value is -2.09. The summed E-state index contributed by atoms with van der Waals surface area (Å²) in [7, 11) is -3.65. The minimum Gasteiger partial charge on any atom is -0.482 e. The Kier molecular flexibility index (Phi) is 7.68. The van der Waals surface area contributed by atoms with Crippen LogP contribution in [0.25, 0.3) is 0 Å². The third-order valence-corrected chi connectivity index (χ3v) is 5.91. The monoisotopic (exact) mass is 438 g/mol. The van der Waals surface area contributed by atoms with E-state index in [1.165, 1.54) is 18.2 Å². The lowest BCUT2D eigenvalue weighted by Crippen LogP contribution is -2.27. The van der Waals surface area contributed by atoms with Gasteiger partial charge in [0.15, 0.2) is 6.61 Å². The van der Waals surface area contributed by atoms with Crippen LogP contribution in [0.2, 0.25) is 5.02 Å². The van der Waals surface area contributed by atoms with E-state index in [4.69, 9.17) is 16.3 Å². The number of anilines is 1. The summed E-state index contributed by atoms with van der Waals surface area (Å²) < 4.78 is 32.6. The lowest BCUT2D eigenvalue weighted by atomic mass is 10.1. The number of rotatable bonds is 8. The molecule has 0 unspecified atom stereocenters. The first kappa shape index (κ1) is 23.2. The molecule has 29 heavy (non-hydrogen) atoms. The highest BCUT2D eigenvalue weighted by molar-refractivity contribution is 7.89. The molecule has 0 saturated carbocycles. The smallest absolute Gasteiger partial charge is 0.262 e. The highest BCUT2D eigenvalue weighted by Crippen LogP contribution is 2.28. The summed E-state index contributed by atoms with van der Waals surface area (Å²) in [4.78, 5) is 12.3. The zero-order chi connectivity index (χ0) is 21.8. The third-order valence-electron chi connectivity index (χ3n) is 4.20. The SMILES string of the molecule is Cc1cc(C)c(NC(=O)COc2ccc(S(=O)(=O)NCC(C)C)cc2Cl)c(C)c1. The molecule has 8 heteroatoms. The molecule has 2 rings (SSSR count). The van der Waals surface area contributed by atoms with Crippen molar-refractivity contribution in [2.45, 2.75) is 39.5 Å². The number of aryl methyl sites for hydroxylation is 3. The third kappa shape index (κ3) is 6.45. The number of carbonyl (C=O) groups is 1. The van der Waals surface area contributed by atoms with E-state index in [1.54, 1.807) is 0 Å². The normalized spacial score (nSPS) is 11.6. The molecule has 0 spiro atoms. The number of halogens is 1. The van der Waals surface area contributed by atoms with Crippen LogP contribution in [0.4, 0.5) is 5.69 Å². The van der Waals surface area contributed by atoms with Crippen molar-refractivity contribution in [2.24, 2.45) is 5.92 Å². The molecule has 158 valence electrons. The van der Waals surface area contributed by atoms with Gasteiger partial charge < -0.3 is 10.1 Å². The van der Waals surface area contributed by atoms with Crippen LogP contribution >= 0.6 is 11.6 Å². The maximum atomic E-state index is 12.3. The topological polar surface area (TPSA) is 84.5 Å². The maximum absolute atomic E-state index is 12.3. The van der Waals surface area contributed by atoms with E-state index in [0.29, 0.717) is 6.54 Å². The molecule has 0 aromatic heterocycles. The minimum absolute atomic E-state index is 0.0471. The Balaban J connectivity index is 2.03. The van der Waals surface area contributed by atoms with Gasteiger partial charge in [-0.1, -0.05) is 43.1 Å². The minimum atomic E-state index is -3.65. The van der Waals surface area contributed by atoms with Gasteiger partial charge in [-0.05, 0) is 56.0 Å². The first-order valence-corrected chi connectivity index (χ1v) is 11.2. The van der Waals surface area contributed by atoms with Crippen molar-refractivity contribution < 1.29 is 17.9 Å². The molecule has 0 heterocycles. The Bertz CT molecular complexity index is 981. The molecule has 6 nitrogen and oxygen atoms in total. The van der Waals surface area contributed by atoms with Crippen molar-refractivity contribution in [1.82, 2.24) is 4.72 Å². The largest absolute Gasteiger partial charge is 0.482 e. The number of ether oxygens (including phenoxy) is 1. The van der Waals surface area contributed by atoms with E-state index < -0.39 is 10.0 Å². The first-order valence-electron chi connectivity index (χ1n) is 9.29. The average Bonchev–Trinajstić information content (AvgIpc) is 2.62. The van der Waals surface area contributed by atoms with Crippen molar-refractivity contribution in [3.63, 3.8) is 0 Å². The van der Waals surface area contributed by atoms with E-state index in [2.05, 4.69) is 10.0 Å². The van der Waals surface area contributed by atoms with Gasteiger partial charge in [0.05, 0.1) is 9.92 Å². The molecule has 0 atom stereocenters. The number of hydrogen-bond donors (Lipinski definition) is 2. The second-order valence-corrected chi connectivity index (χ2v) is 9.62. The molecule has 0 bridgehead atoms. The fourth-order valence-corrected chi connectivity index (χ4v) is 4.36. The molecule has 2 aromatic carbocycles. The molecule has 0 radical (unpaired) electrons. The number of amides is 1. The predicted octanol–water partition coefficient (Wildman–Crippen LogP) is 4.22. The standard InChI is InChI=1S/C21H27ClN2O4S/c1-13(2)11-23-29(26,27)17-6-7-19(18(22)10-17)28-12-20(25)24-21-15(4)8-14(3)9-16(21)5/h6-10,13,23H,11-12H2,1-5H3,(H,24,25). The highest BCUT2D eigenvalue weighted by atomic mass is 35.5. The summed E-state index contributed by atoms with van der Waals surface area (Å²) in [5, 5.41) is 2.96. The Morgan fingerprint density at radius 3 is 2.28 bits per heavy atom. The van der Waals surface area contributed by atoms with Crippen LogP contribution in [-0.4, -0.2) is 27.5 Å². The number of carbonyl (C=O) groups excluding carboxylic acids is 1. The molecule has 0 aliphatic carbocycles. The first-order chi connectivity index (χ1) is 13.5. The highest BCUT2D eigenvalue weighted by Gasteiger charge is 2.17. The average molecular weight is 439 g/mol. The Morgan fingerprint density at radius 1 is 1.10 bits per heavy atom. The zero-order valence-corrected chi connectivity index (χ0v) is 18.9. The van der Waals surface area contributed by atoms with Gasteiger partial charge in [-0.15, -0.1) is 0 Å². The number of benzene rings is 2. The molecule has 0 aliphatic rings. The number of sulfonamides is 1. The van der Waals surface area contributed by atoms with E-state index in [-0.39, 0.29) is 34.1 Å². The number of hydrogen-bond acceptors (Lipinski definition) is 4. The summed E-state index contributed by atoms with van der Waals surface area (Å²) >= 11 is 6.16. The van der Waals surface area contributed by atoms with Gasteiger partial charge >= 0.3 is 0 Å². The summed E-state index contributed by atoms with van der Waals surface area (Å²) in [6, 6.07) is 8.14. The second kappa shape index (κ2) is 9.61. The maximum Gasteiger partial charge on any atom is 0.262 e. The molecule has 2 N–H and O–H groups in total. The number of nitrogens with one attached hydrogen (secondary N) is 2. The van der Waals surface area contributed by atoms with Gasteiger partial charge in [-0.25, -0.2) is 13.1 Å². The molecular weight excluding hydrogens is 412 g/mol. The van der Waals surface area contributed by atoms with Crippen molar-refractivity contribution in [1.29, 1.82) is 0 Å². The predicted molar refractivity (Wildman–Crippen MR) is 116 cm³/mol. The van der Waals surface area contributed by atoms with E-state index in [0.717, 1.165) is 22.4 Å². The summed E-state index contributed by atoms with van der Waals surface area (Å²) in [5.41, 5.74) is 3.82. The van der Waals surface area contributed by atoms with Gasteiger partial charge in [-0.2, -0.15) is 0 Å². The zero-order valence-electron chi connectivity index (χ0n) is 17.3. The van der Waals surface area contributed by atoms with Gasteiger partial charge in [0, 0.05) is 12.2 Å². The van der Waals surface area contributed by atoms with E-state index in [9.17, 15) is 13.2 Å². The van der Waals surface area contributed by atoms with Crippen molar-refractivity contribution >= 4 is 33.2 Å². The van der Waals surface area contributed by atoms with E-state index >= 15 is 0 Å². The quantitative estimate of drug-likeness (QED) is 0.646. The van der Waals surface area contributed by atoms with Crippen LogP contribution in [0, 0.1) is 26.7 Å². The second-order valence-electron chi connectivity index (χ2n) is 7.45. The fraction of sp³-hybridized carbons (Fsp3) is 0.381. The van der Waals surface area contributed by atoms with Crippen LogP contribution in [0.1, 0.15) is 30.5 Å². The lowest BCUT2D eigenvalue weighted by molar-refractivity contribution is -0.118. The summed E-state index contributed by atoms with van der Waals surface area (Å²) in [6.07, 6.45) is 0. The fourth-order valence-electron chi connectivity index (χ4n) is 2.82. The Morgan fingerprint density at radius 2 is 1.72 bits per heavy atom. The summed E-state index contributed by atoms with van der Waals surface area (Å²) in [5.74, 6) is 0.0931. The van der Waals surface area contributed by atoms with Gasteiger partial charge in [-0.3, -0.25) is 4.79 Å². The van der Waals surface area contributed by atoms with Crippen LogP contribution < -0.4 is 14.8 Å². The lowest BCUT2D eigenvalue weighted by Gasteiger charge is -2.14. The molecule has 2 aromatic rings. The summed E-state index contributed by atoms with van der Waals surface area (Å²) in [6.45, 7) is 9.77. The van der Waals surface area contributed by atoms with Crippen LogP contribution in [0.15, 0.2) is 35.2 Å². The molecular formula is C21H27ClN2O4S. The van der Waals surface area contributed by atoms with Crippen LogP contribution in [0.5, 0.6) is 5.75 Å². The van der Waals surface area contributed by atoms with Crippen LogP contribution in [-0.2, 0) is 14.8 Å². The van der Waals surface area contributed by atoms with Gasteiger partial charge in [0.1, 0.15) is 5.75 Å². The van der Waals surface area contributed by atoms with Crippen molar-refractivity contribution in [2.75, 3.05) is 18.5 Å². The van der Waals surface area contributed by atoms with Crippen molar-refractivity contribution in [3.05, 3.63) is 52.0 Å². The van der Waals surface area contributed by atoms with Crippen LogP contribution in [0.3, 0.4) is 0 Å². The molecule has 1 amide bonds. The van der Waals surface area contributed by atoms with E-state index in [1.807, 2.05) is 46.8 Å². The molecule has 0 fully saturated rings.